The summed E-state index contributed by atoms with van der Waals surface area (Å²) in [5, 5.41) is 5.07. The summed E-state index contributed by atoms with van der Waals surface area (Å²) in [5.41, 5.74) is 0. The van der Waals surface area contributed by atoms with Crippen LogP contribution in [0, 0.1) is 0 Å². The van der Waals surface area contributed by atoms with Gasteiger partial charge in [-0.2, -0.15) is 0 Å². The van der Waals surface area contributed by atoms with E-state index < -0.39 is 0 Å². The van der Waals surface area contributed by atoms with Crippen LogP contribution >= 0.6 is 27.3 Å². The lowest BCUT2D eigenvalue weighted by Crippen LogP contribution is -2.18. The van der Waals surface area contributed by atoms with E-state index >= 15 is 0 Å². The summed E-state index contributed by atoms with van der Waals surface area (Å²) in [5.74, 6) is 2.11. The van der Waals surface area contributed by atoms with Gasteiger partial charge in [-0.3, -0.25) is 0 Å². The van der Waals surface area contributed by atoms with Crippen LogP contribution in [-0.4, -0.2) is 31.2 Å². The fraction of sp³-hybridized carbons (Fsp3) is 0.333. The second-order valence-electron chi connectivity index (χ2n) is 3.92. The van der Waals surface area contributed by atoms with Crippen LogP contribution in [0.15, 0.2) is 22.2 Å². The molecule has 0 unspecified atom stereocenters. The zero-order valence-corrected chi connectivity index (χ0v) is 13.4. The summed E-state index contributed by atoms with van der Waals surface area (Å²) in [4.78, 5) is 11.7. The third kappa shape index (κ3) is 3.16. The van der Waals surface area contributed by atoms with E-state index in [4.69, 9.17) is 4.74 Å². The molecule has 0 bridgehead atoms. The van der Waals surface area contributed by atoms with Crippen molar-refractivity contribution in [3.63, 3.8) is 0 Å². The molecule has 5 nitrogen and oxygen atoms in total. The molecule has 1 N–H and O–H groups in total. The maximum absolute atomic E-state index is 5.40. The molecule has 0 saturated heterocycles. The number of anilines is 2. The first-order valence-electron chi connectivity index (χ1n) is 5.66. The second kappa shape index (κ2) is 6.21. The number of hydrogen-bond acceptors (Lipinski definition) is 6. The summed E-state index contributed by atoms with van der Waals surface area (Å²) in [6.45, 7) is 0.771. The third-order valence-electron chi connectivity index (χ3n) is 2.60. The Morgan fingerprint density at radius 1 is 1.47 bits per heavy atom. The molecular weight excluding hydrogens is 328 g/mol. The normalized spacial score (nSPS) is 10.3. The lowest BCUT2D eigenvalue weighted by molar-refractivity contribution is 0.413. The van der Waals surface area contributed by atoms with Crippen molar-refractivity contribution >= 4 is 38.9 Å². The molecule has 102 valence electrons. The third-order valence-corrected chi connectivity index (χ3v) is 4.28. The van der Waals surface area contributed by atoms with E-state index in [1.807, 2.05) is 19.0 Å². The molecule has 0 aliphatic heterocycles. The number of ether oxygens (including phenoxy) is 1. The van der Waals surface area contributed by atoms with Crippen molar-refractivity contribution < 1.29 is 4.74 Å². The van der Waals surface area contributed by atoms with Gasteiger partial charge in [0.05, 0.1) is 13.7 Å². The fourth-order valence-electron chi connectivity index (χ4n) is 1.75. The predicted molar refractivity (Wildman–Crippen MR) is 82.3 cm³/mol. The predicted octanol–water partition coefficient (Wildman–Crippen LogP) is 2.99. The Morgan fingerprint density at radius 3 is 2.84 bits per heavy atom. The maximum atomic E-state index is 5.40. The summed E-state index contributed by atoms with van der Waals surface area (Å²) in [6.07, 6.45) is 1.53. The molecule has 0 saturated carbocycles. The van der Waals surface area contributed by atoms with E-state index in [-0.39, 0.29) is 0 Å². The lowest BCUT2D eigenvalue weighted by Gasteiger charge is -2.20. The van der Waals surface area contributed by atoms with Gasteiger partial charge >= 0.3 is 0 Å². The molecule has 2 aromatic rings. The SMILES string of the molecule is CNc1ncnc(N(C)Cc2cc(Br)cs2)c1OC. The van der Waals surface area contributed by atoms with Crippen molar-refractivity contribution in [1.29, 1.82) is 0 Å². The number of nitrogens with zero attached hydrogens (tertiary/aromatic N) is 3. The number of methoxy groups -OCH3 is 1. The van der Waals surface area contributed by atoms with Crippen LogP contribution in [0.5, 0.6) is 5.75 Å². The van der Waals surface area contributed by atoms with Gasteiger partial charge in [0.15, 0.2) is 11.6 Å². The molecule has 2 heterocycles. The van der Waals surface area contributed by atoms with Crippen LogP contribution in [0.25, 0.3) is 0 Å². The molecular formula is C12H15BrN4OS. The molecule has 7 heteroatoms. The molecule has 0 aliphatic rings. The fourth-order valence-corrected chi connectivity index (χ4v) is 3.25. The average molecular weight is 343 g/mol. The van der Waals surface area contributed by atoms with Gasteiger partial charge in [-0.15, -0.1) is 11.3 Å². The van der Waals surface area contributed by atoms with Gasteiger partial charge in [0, 0.05) is 28.8 Å². The molecule has 0 atom stereocenters. The average Bonchev–Trinajstić information content (AvgIpc) is 2.82. The van der Waals surface area contributed by atoms with Gasteiger partial charge < -0.3 is 15.0 Å². The highest BCUT2D eigenvalue weighted by atomic mass is 79.9. The van der Waals surface area contributed by atoms with Crippen molar-refractivity contribution in [1.82, 2.24) is 9.97 Å². The Hall–Kier alpha value is -1.34. The number of hydrogen-bond donors (Lipinski definition) is 1. The van der Waals surface area contributed by atoms with E-state index in [0.29, 0.717) is 11.6 Å². The van der Waals surface area contributed by atoms with Gasteiger partial charge in [-0.1, -0.05) is 0 Å². The van der Waals surface area contributed by atoms with Crippen molar-refractivity contribution in [2.75, 3.05) is 31.4 Å². The van der Waals surface area contributed by atoms with Crippen LogP contribution in [-0.2, 0) is 6.54 Å². The summed E-state index contributed by atoms with van der Waals surface area (Å²) in [6, 6.07) is 2.10. The van der Waals surface area contributed by atoms with Crippen LogP contribution in [0.3, 0.4) is 0 Å². The molecule has 0 spiro atoms. The zero-order valence-electron chi connectivity index (χ0n) is 11.0. The second-order valence-corrected chi connectivity index (χ2v) is 5.83. The van der Waals surface area contributed by atoms with Gasteiger partial charge in [-0.25, -0.2) is 9.97 Å². The molecule has 0 amide bonds. The van der Waals surface area contributed by atoms with Crippen LogP contribution in [0.4, 0.5) is 11.6 Å². The largest absolute Gasteiger partial charge is 0.490 e. The first-order valence-corrected chi connectivity index (χ1v) is 7.33. The standard InChI is InChI=1S/C12H15BrN4OS/c1-14-11-10(18-3)12(16-7-15-11)17(2)5-9-4-8(13)6-19-9/h4,6-7H,5H2,1-3H3,(H,14,15,16). The van der Waals surface area contributed by atoms with Crippen LogP contribution < -0.4 is 15.0 Å². The number of thiophene rings is 1. The Bertz CT molecular complexity index is 560. The summed E-state index contributed by atoms with van der Waals surface area (Å²) >= 11 is 5.17. The van der Waals surface area contributed by atoms with Crippen molar-refractivity contribution in [3.8, 4) is 5.75 Å². The summed E-state index contributed by atoms with van der Waals surface area (Å²) in [7, 11) is 5.42. The van der Waals surface area contributed by atoms with Crippen molar-refractivity contribution in [2.45, 2.75) is 6.54 Å². The van der Waals surface area contributed by atoms with Gasteiger partial charge in [0.1, 0.15) is 6.33 Å². The topological polar surface area (TPSA) is 50.3 Å². The van der Waals surface area contributed by atoms with Gasteiger partial charge in [0.2, 0.25) is 5.75 Å². The highest BCUT2D eigenvalue weighted by molar-refractivity contribution is 9.10. The minimum atomic E-state index is 0.656. The van der Waals surface area contributed by atoms with Crippen molar-refractivity contribution in [2.24, 2.45) is 0 Å². The van der Waals surface area contributed by atoms with E-state index in [2.05, 4.69) is 42.7 Å². The molecule has 2 rings (SSSR count). The van der Waals surface area contributed by atoms with Gasteiger partial charge in [-0.05, 0) is 22.0 Å². The molecule has 0 aromatic carbocycles. The lowest BCUT2D eigenvalue weighted by atomic mass is 10.4. The first-order chi connectivity index (χ1) is 9.15. The smallest absolute Gasteiger partial charge is 0.204 e. The first kappa shape index (κ1) is 14.1. The number of nitrogens with one attached hydrogen (secondary N) is 1. The number of rotatable bonds is 5. The molecule has 0 fully saturated rings. The highest BCUT2D eigenvalue weighted by Gasteiger charge is 2.15. The van der Waals surface area contributed by atoms with E-state index in [1.54, 1.807) is 18.4 Å². The van der Waals surface area contributed by atoms with E-state index in [9.17, 15) is 0 Å². The van der Waals surface area contributed by atoms with Gasteiger partial charge in [0.25, 0.3) is 0 Å². The monoisotopic (exact) mass is 342 g/mol. The Morgan fingerprint density at radius 2 is 2.26 bits per heavy atom. The van der Waals surface area contributed by atoms with Crippen LogP contribution in [0.2, 0.25) is 0 Å². The quantitative estimate of drug-likeness (QED) is 0.905. The van der Waals surface area contributed by atoms with Crippen molar-refractivity contribution in [3.05, 3.63) is 27.1 Å². The van der Waals surface area contributed by atoms with E-state index in [1.165, 1.54) is 11.2 Å². The molecule has 0 aliphatic carbocycles. The minimum absolute atomic E-state index is 0.656. The number of aromatic nitrogens is 2. The molecule has 2 aromatic heterocycles. The Kier molecular flexibility index (Phi) is 4.60. The molecule has 19 heavy (non-hydrogen) atoms. The minimum Gasteiger partial charge on any atom is -0.490 e. The Balaban J connectivity index is 2.25. The zero-order chi connectivity index (χ0) is 13.8. The summed E-state index contributed by atoms with van der Waals surface area (Å²) < 4.78 is 6.50. The number of halogens is 1. The maximum Gasteiger partial charge on any atom is 0.204 e. The van der Waals surface area contributed by atoms with E-state index in [0.717, 1.165) is 16.8 Å². The highest BCUT2D eigenvalue weighted by Crippen LogP contribution is 2.32. The molecule has 0 radical (unpaired) electrons. The Labute approximate surface area is 124 Å². The van der Waals surface area contributed by atoms with Crippen LogP contribution in [0.1, 0.15) is 4.88 Å².